The molecule has 0 heterocycles. The minimum Gasteiger partial charge on any atom is -0.399 e. The molecule has 0 fully saturated rings. The van der Waals surface area contributed by atoms with Crippen LogP contribution in [0.3, 0.4) is 0 Å². The molecule has 2 aromatic rings. The number of benzene rings is 2. The Balaban J connectivity index is 2.18. The third-order valence-electron chi connectivity index (χ3n) is 2.22. The van der Waals surface area contributed by atoms with Crippen LogP contribution in [-0.2, 0) is 0 Å². The molecule has 0 bridgehead atoms. The van der Waals surface area contributed by atoms with Crippen molar-refractivity contribution in [3.63, 3.8) is 0 Å². The van der Waals surface area contributed by atoms with Crippen molar-refractivity contribution in [1.82, 2.24) is 0 Å². The van der Waals surface area contributed by atoms with Crippen molar-refractivity contribution < 1.29 is 0 Å². The minimum atomic E-state index is 0.782. The third-order valence-corrected chi connectivity index (χ3v) is 2.22. The maximum absolute atomic E-state index is 5.62. The fourth-order valence-corrected chi connectivity index (χ4v) is 1.46. The molecule has 0 aliphatic rings. The molecular weight excluding hydrogens is 184 g/mol. The van der Waals surface area contributed by atoms with Crippen molar-refractivity contribution in [3.05, 3.63) is 54.1 Å². The van der Waals surface area contributed by atoms with E-state index in [0.29, 0.717) is 0 Å². The molecule has 2 heteroatoms. The van der Waals surface area contributed by atoms with Crippen LogP contribution >= 0.6 is 0 Å². The van der Waals surface area contributed by atoms with Gasteiger partial charge in [-0.05, 0) is 48.9 Å². The van der Waals surface area contributed by atoms with Gasteiger partial charge in [-0.15, -0.1) is 0 Å². The highest BCUT2D eigenvalue weighted by Crippen LogP contribution is 2.18. The van der Waals surface area contributed by atoms with Crippen LogP contribution in [0.2, 0.25) is 0 Å². The van der Waals surface area contributed by atoms with E-state index in [9.17, 15) is 0 Å². The van der Waals surface area contributed by atoms with E-state index in [0.717, 1.165) is 17.1 Å². The number of nitrogen functional groups attached to an aromatic ring is 1. The van der Waals surface area contributed by atoms with Gasteiger partial charge in [-0.1, -0.05) is 12.1 Å². The fourth-order valence-electron chi connectivity index (χ4n) is 1.46. The zero-order valence-electron chi connectivity index (χ0n) is 8.70. The SMILES string of the molecule is Cc1cccc(Nc2ccc(N)cc2)c1. The summed E-state index contributed by atoms with van der Waals surface area (Å²) in [6.45, 7) is 2.08. The lowest BCUT2D eigenvalue weighted by Gasteiger charge is -2.07. The van der Waals surface area contributed by atoms with E-state index in [4.69, 9.17) is 5.73 Å². The number of nitrogens with one attached hydrogen (secondary N) is 1. The van der Waals surface area contributed by atoms with Crippen molar-refractivity contribution in [1.29, 1.82) is 0 Å². The summed E-state index contributed by atoms with van der Waals surface area (Å²) in [5.74, 6) is 0. The molecule has 0 saturated carbocycles. The van der Waals surface area contributed by atoms with Gasteiger partial charge in [-0.2, -0.15) is 0 Å². The van der Waals surface area contributed by atoms with Crippen LogP contribution in [-0.4, -0.2) is 0 Å². The molecule has 0 saturated heterocycles. The van der Waals surface area contributed by atoms with Crippen LogP contribution in [0.5, 0.6) is 0 Å². The van der Waals surface area contributed by atoms with Crippen LogP contribution in [0.15, 0.2) is 48.5 Å². The number of hydrogen-bond donors (Lipinski definition) is 2. The average molecular weight is 198 g/mol. The summed E-state index contributed by atoms with van der Waals surface area (Å²) in [6.07, 6.45) is 0. The smallest absolute Gasteiger partial charge is 0.0386 e. The molecule has 0 spiro atoms. The summed E-state index contributed by atoms with van der Waals surface area (Å²) in [5.41, 5.74) is 9.79. The van der Waals surface area contributed by atoms with E-state index in [1.165, 1.54) is 5.56 Å². The van der Waals surface area contributed by atoms with E-state index < -0.39 is 0 Å². The molecule has 0 radical (unpaired) electrons. The Morgan fingerprint density at radius 2 is 1.67 bits per heavy atom. The molecule has 2 rings (SSSR count). The molecule has 15 heavy (non-hydrogen) atoms. The number of aryl methyl sites for hydroxylation is 1. The number of hydrogen-bond acceptors (Lipinski definition) is 2. The lowest BCUT2D eigenvalue weighted by atomic mass is 10.2. The Labute approximate surface area is 89.7 Å². The molecule has 76 valence electrons. The standard InChI is InChI=1S/C13H14N2/c1-10-3-2-4-13(9-10)15-12-7-5-11(14)6-8-12/h2-9,15H,14H2,1H3. The Hall–Kier alpha value is -1.96. The highest BCUT2D eigenvalue weighted by molar-refractivity contribution is 5.62. The summed E-state index contributed by atoms with van der Waals surface area (Å²) >= 11 is 0. The summed E-state index contributed by atoms with van der Waals surface area (Å²) in [5, 5.41) is 3.32. The van der Waals surface area contributed by atoms with Crippen molar-refractivity contribution in [2.24, 2.45) is 0 Å². The van der Waals surface area contributed by atoms with Crippen LogP contribution in [0.25, 0.3) is 0 Å². The predicted molar refractivity (Wildman–Crippen MR) is 65.3 cm³/mol. The topological polar surface area (TPSA) is 38.0 Å². The maximum atomic E-state index is 5.62. The summed E-state index contributed by atoms with van der Waals surface area (Å²) in [7, 11) is 0. The average Bonchev–Trinajstić information content (AvgIpc) is 2.22. The van der Waals surface area contributed by atoms with Gasteiger partial charge >= 0.3 is 0 Å². The second-order valence-electron chi connectivity index (χ2n) is 3.62. The first-order chi connectivity index (χ1) is 7.24. The Morgan fingerprint density at radius 1 is 0.933 bits per heavy atom. The van der Waals surface area contributed by atoms with Crippen molar-refractivity contribution >= 4 is 17.1 Å². The van der Waals surface area contributed by atoms with Crippen LogP contribution in [0, 0.1) is 6.92 Å². The van der Waals surface area contributed by atoms with E-state index in [2.05, 4.69) is 24.4 Å². The first kappa shape index (κ1) is 9.59. The second kappa shape index (κ2) is 4.05. The van der Waals surface area contributed by atoms with Gasteiger partial charge in [0, 0.05) is 17.1 Å². The van der Waals surface area contributed by atoms with Crippen LogP contribution < -0.4 is 11.1 Å². The molecule has 0 aliphatic carbocycles. The maximum Gasteiger partial charge on any atom is 0.0386 e. The number of nitrogens with two attached hydrogens (primary N) is 1. The highest BCUT2D eigenvalue weighted by atomic mass is 14.9. The van der Waals surface area contributed by atoms with Crippen LogP contribution in [0.4, 0.5) is 17.1 Å². The fraction of sp³-hybridized carbons (Fsp3) is 0.0769. The number of rotatable bonds is 2. The van der Waals surface area contributed by atoms with Crippen molar-refractivity contribution in [2.75, 3.05) is 11.1 Å². The summed E-state index contributed by atoms with van der Waals surface area (Å²) in [4.78, 5) is 0. The van der Waals surface area contributed by atoms with E-state index in [1.54, 1.807) is 0 Å². The molecule has 0 aliphatic heterocycles. The molecule has 0 atom stereocenters. The van der Waals surface area contributed by atoms with Gasteiger partial charge < -0.3 is 11.1 Å². The Kier molecular flexibility index (Phi) is 2.59. The normalized spacial score (nSPS) is 9.93. The van der Waals surface area contributed by atoms with Gasteiger partial charge in [-0.3, -0.25) is 0 Å². The van der Waals surface area contributed by atoms with Gasteiger partial charge in [-0.25, -0.2) is 0 Å². The molecule has 2 nitrogen and oxygen atoms in total. The van der Waals surface area contributed by atoms with Gasteiger partial charge in [0.05, 0.1) is 0 Å². The van der Waals surface area contributed by atoms with Gasteiger partial charge in [0.15, 0.2) is 0 Å². The predicted octanol–water partition coefficient (Wildman–Crippen LogP) is 3.32. The van der Waals surface area contributed by atoms with Crippen molar-refractivity contribution in [3.8, 4) is 0 Å². The molecule has 2 aromatic carbocycles. The van der Waals surface area contributed by atoms with Crippen molar-refractivity contribution in [2.45, 2.75) is 6.92 Å². The molecule has 0 aromatic heterocycles. The van der Waals surface area contributed by atoms with Gasteiger partial charge in [0.25, 0.3) is 0 Å². The van der Waals surface area contributed by atoms with Gasteiger partial charge in [0.2, 0.25) is 0 Å². The first-order valence-corrected chi connectivity index (χ1v) is 4.93. The Morgan fingerprint density at radius 3 is 2.33 bits per heavy atom. The lowest BCUT2D eigenvalue weighted by molar-refractivity contribution is 1.45. The summed E-state index contributed by atoms with van der Waals surface area (Å²) in [6, 6.07) is 16.0. The quantitative estimate of drug-likeness (QED) is 0.726. The van der Waals surface area contributed by atoms with E-state index in [1.807, 2.05) is 36.4 Å². The van der Waals surface area contributed by atoms with Gasteiger partial charge in [0.1, 0.15) is 0 Å². The summed E-state index contributed by atoms with van der Waals surface area (Å²) < 4.78 is 0. The highest BCUT2D eigenvalue weighted by Gasteiger charge is 1.94. The van der Waals surface area contributed by atoms with Crippen LogP contribution in [0.1, 0.15) is 5.56 Å². The first-order valence-electron chi connectivity index (χ1n) is 4.93. The zero-order chi connectivity index (χ0) is 10.7. The van der Waals surface area contributed by atoms with E-state index >= 15 is 0 Å². The monoisotopic (exact) mass is 198 g/mol. The minimum absolute atomic E-state index is 0.782. The molecule has 3 N–H and O–H groups in total. The Bertz CT molecular complexity index is 446. The number of anilines is 3. The third kappa shape index (κ3) is 2.50. The second-order valence-corrected chi connectivity index (χ2v) is 3.62. The molecular formula is C13H14N2. The van der Waals surface area contributed by atoms with E-state index in [-0.39, 0.29) is 0 Å². The largest absolute Gasteiger partial charge is 0.399 e. The molecule has 0 unspecified atom stereocenters. The lowest BCUT2D eigenvalue weighted by Crippen LogP contribution is -1.91. The molecule has 0 amide bonds. The zero-order valence-corrected chi connectivity index (χ0v) is 8.70.